The molecule has 0 saturated heterocycles. The number of methoxy groups -OCH3 is 5. The summed E-state index contributed by atoms with van der Waals surface area (Å²) < 4.78 is 28.4. The number of aromatic nitrogens is 1. The normalized spacial score (nSPS) is 11.3. The van der Waals surface area contributed by atoms with Crippen LogP contribution in [0.1, 0.15) is 10.4 Å². The lowest BCUT2D eigenvalue weighted by molar-refractivity contribution is -0.141. The molecule has 164 valence electrons. The van der Waals surface area contributed by atoms with Crippen LogP contribution in [0.25, 0.3) is 10.2 Å². The highest BCUT2D eigenvalue weighted by molar-refractivity contribution is 7.16. The van der Waals surface area contributed by atoms with Gasteiger partial charge < -0.3 is 28.3 Å². The van der Waals surface area contributed by atoms with Crippen molar-refractivity contribution < 1.29 is 33.3 Å². The van der Waals surface area contributed by atoms with Gasteiger partial charge in [0.1, 0.15) is 6.54 Å². The first-order chi connectivity index (χ1) is 14.9. The number of thiazole rings is 1. The molecule has 0 aliphatic heterocycles. The highest BCUT2D eigenvalue weighted by Gasteiger charge is 2.17. The number of fused-ring (bicyclic) bond motifs is 1. The molecule has 0 unspecified atom stereocenters. The zero-order chi connectivity index (χ0) is 22.5. The van der Waals surface area contributed by atoms with E-state index >= 15 is 0 Å². The Morgan fingerprint density at radius 2 is 1.48 bits per heavy atom. The van der Waals surface area contributed by atoms with Crippen molar-refractivity contribution in [1.29, 1.82) is 0 Å². The molecular formula is C21H22N2O7S. The van der Waals surface area contributed by atoms with Crippen LogP contribution < -0.4 is 23.7 Å². The number of rotatable bonds is 7. The molecule has 31 heavy (non-hydrogen) atoms. The van der Waals surface area contributed by atoms with E-state index in [1.165, 1.54) is 46.9 Å². The minimum absolute atomic E-state index is 0.121. The largest absolute Gasteiger partial charge is 0.493 e. The Morgan fingerprint density at radius 1 is 0.871 bits per heavy atom. The number of nitrogens with zero attached hydrogens (tertiary/aromatic N) is 2. The van der Waals surface area contributed by atoms with Crippen LogP contribution in [0, 0.1) is 0 Å². The summed E-state index contributed by atoms with van der Waals surface area (Å²) in [5.41, 5.74) is 0.974. The quantitative estimate of drug-likeness (QED) is 0.515. The van der Waals surface area contributed by atoms with Gasteiger partial charge in [0.15, 0.2) is 27.8 Å². The van der Waals surface area contributed by atoms with Crippen LogP contribution in [0.15, 0.2) is 35.3 Å². The van der Waals surface area contributed by atoms with E-state index in [9.17, 15) is 9.59 Å². The Kier molecular flexibility index (Phi) is 6.81. The van der Waals surface area contributed by atoms with Gasteiger partial charge in [-0.3, -0.25) is 9.59 Å². The SMILES string of the molecule is COC(=O)Cn1c(=NC(=O)c2ccc(OC)c(OC)c2)sc2cc(OC)c(OC)cc21. The van der Waals surface area contributed by atoms with E-state index in [4.69, 9.17) is 23.7 Å². The molecule has 1 heterocycles. The number of esters is 1. The molecule has 3 rings (SSSR count). The third kappa shape index (κ3) is 4.48. The Morgan fingerprint density at radius 3 is 2.10 bits per heavy atom. The van der Waals surface area contributed by atoms with Gasteiger partial charge in [-0.1, -0.05) is 11.3 Å². The fraction of sp³-hybridized carbons (Fsp3) is 0.286. The van der Waals surface area contributed by atoms with Crippen LogP contribution >= 0.6 is 11.3 Å². The molecule has 0 aliphatic rings. The van der Waals surface area contributed by atoms with E-state index in [1.807, 2.05) is 0 Å². The van der Waals surface area contributed by atoms with Gasteiger partial charge in [-0.25, -0.2) is 0 Å². The standard InChI is InChI=1S/C21H22N2O7S/c1-26-14-7-6-12(8-15(14)27-2)20(25)22-21-23(11-19(24)30-5)13-9-16(28-3)17(29-4)10-18(13)31-21/h6-10H,11H2,1-5H3. The highest BCUT2D eigenvalue weighted by Crippen LogP contribution is 2.33. The first kappa shape index (κ1) is 22.2. The van der Waals surface area contributed by atoms with Crippen LogP contribution in [0.5, 0.6) is 23.0 Å². The van der Waals surface area contributed by atoms with Gasteiger partial charge in [-0.2, -0.15) is 4.99 Å². The lowest BCUT2D eigenvalue weighted by Crippen LogP contribution is -2.22. The predicted octanol–water partition coefficient (Wildman–Crippen LogP) is 2.65. The third-order valence-corrected chi connectivity index (χ3v) is 5.57. The van der Waals surface area contributed by atoms with E-state index in [0.29, 0.717) is 38.9 Å². The second-order valence-electron chi connectivity index (χ2n) is 6.21. The average Bonchev–Trinajstić information content (AvgIpc) is 3.12. The van der Waals surface area contributed by atoms with Crippen LogP contribution in [0.3, 0.4) is 0 Å². The molecule has 0 bridgehead atoms. The van der Waals surface area contributed by atoms with Crippen molar-refractivity contribution in [1.82, 2.24) is 4.57 Å². The summed E-state index contributed by atoms with van der Waals surface area (Å²) in [5.74, 6) is 0.959. The summed E-state index contributed by atoms with van der Waals surface area (Å²) in [5, 5.41) is 0. The van der Waals surface area contributed by atoms with Gasteiger partial charge in [0.05, 0.1) is 45.8 Å². The summed E-state index contributed by atoms with van der Waals surface area (Å²) in [6.45, 7) is -0.121. The molecule has 2 aromatic carbocycles. The number of hydrogen-bond donors (Lipinski definition) is 0. The van der Waals surface area contributed by atoms with Crippen LogP contribution in [0.2, 0.25) is 0 Å². The number of carbonyl (C=O) groups is 2. The first-order valence-corrected chi connectivity index (χ1v) is 9.90. The van der Waals surface area contributed by atoms with Crippen molar-refractivity contribution in [3.05, 3.63) is 40.7 Å². The number of carbonyl (C=O) groups excluding carboxylic acids is 2. The maximum absolute atomic E-state index is 12.9. The first-order valence-electron chi connectivity index (χ1n) is 9.09. The molecule has 0 radical (unpaired) electrons. The van der Waals surface area contributed by atoms with E-state index in [0.717, 1.165) is 4.70 Å². The minimum Gasteiger partial charge on any atom is -0.493 e. The molecule has 3 aromatic rings. The summed E-state index contributed by atoms with van der Waals surface area (Å²) >= 11 is 1.24. The Bertz CT molecular complexity index is 1200. The van der Waals surface area contributed by atoms with Crippen molar-refractivity contribution in [2.24, 2.45) is 4.99 Å². The molecule has 9 nitrogen and oxygen atoms in total. The van der Waals surface area contributed by atoms with Gasteiger partial charge in [-0.05, 0) is 18.2 Å². The van der Waals surface area contributed by atoms with Gasteiger partial charge in [0.25, 0.3) is 5.91 Å². The minimum atomic E-state index is -0.495. The van der Waals surface area contributed by atoms with E-state index in [2.05, 4.69) is 4.99 Å². The highest BCUT2D eigenvalue weighted by atomic mass is 32.1. The van der Waals surface area contributed by atoms with Crippen LogP contribution in [0.4, 0.5) is 0 Å². The smallest absolute Gasteiger partial charge is 0.325 e. The zero-order valence-electron chi connectivity index (χ0n) is 17.8. The summed E-state index contributed by atoms with van der Waals surface area (Å²) in [7, 11) is 7.35. The Balaban J connectivity index is 2.17. The molecule has 0 N–H and O–H groups in total. The molecule has 1 amide bonds. The van der Waals surface area contributed by atoms with E-state index in [-0.39, 0.29) is 6.54 Å². The maximum Gasteiger partial charge on any atom is 0.325 e. The van der Waals surface area contributed by atoms with Crippen LogP contribution in [-0.2, 0) is 16.1 Å². The molecule has 0 atom stereocenters. The number of benzene rings is 2. The van der Waals surface area contributed by atoms with Crippen molar-refractivity contribution >= 4 is 33.4 Å². The molecule has 1 aromatic heterocycles. The molecular weight excluding hydrogens is 424 g/mol. The van der Waals surface area contributed by atoms with E-state index in [1.54, 1.807) is 34.9 Å². The molecule has 0 aliphatic carbocycles. The number of amides is 1. The Hall–Kier alpha value is -3.53. The maximum atomic E-state index is 12.9. The van der Waals surface area contributed by atoms with Crippen LogP contribution in [-0.4, -0.2) is 52.0 Å². The van der Waals surface area contributed by atoms with Gasteiger partial charge in [0.2, 0.25) is 0 Å². The van der Waals surface area contributed by atoms with Gasteiger partial charge >= 0.3 is 5.97 Å². The molecule has 0 spiro atoms. The lowest BCUT2D eigenvalue weighted by Gasteiger charge is -2.09. The summed E-state index contributed by atoms with van der Waals surface area (Å²) in [6, 6.07) is 8.27. The Labute approximate surface area is 182 Å². The summed E-state index contributed by atoms with van der Waals surface area (Å²) in [4.78, 5) is 29.5. The zero-order valence-corrected chi connectivity index (χ0v) is 18.6. The fourth-order valence-corrected chi connectivity index (χ4v) is 3.99. The van der Waals surface area contributed by atoms with Gasteiger partial charge in [0, 0.05) is 17.7 Å². The summed E-state index contributed by atoms with van der Waals surface area (Å²) in [6.07, 6.45) is 0. The van der Waals surface area contributed by atoms with Crippen molar-refractivity contribution in [2.75, 3.05) is 35.5 Å². The average molecular weight is 446 g/mol. The lowest BCUT2D eigenvalue weighted by atomic mass is 10.2. The molecule has 0 fully saturated rings. The second kappa shape index (κ2) is 9.52. The molecule has 10 heteroatoms. The number of hydrogen-bond acceptors (Lipinski definition) is 8. The third-order valence-electron chi connectivity index (χ3n) is 4.53. The number of ether oxygens (including phenoxy) is 5. The van der Waals surface area contributed by atoms with Crippen molar-refractivity contribution in [2.45, 2.75) is 6.54 Å². The van der Waals surface area contributed by atoms with E-state index < -0.39 is 11.9 Å². The van der Waals surface area contributed by atoms with Crippen molar-refractivity contribution in [3.8, 4) is 23.0 Å². The predicted molar refractivity (Wildman–Crippen MR) is 114 cm³/mol. The monoisotopic (exact) mass is 446 g/mol. The van der Waals surface area contributed by atoms with Crippen molar-refractivity contribution in [3.63, 3.8) is 0 Å². The second-order valence-corrected chi connectivity index (χ2v) is 7.22. The van der Waals surface area contributed by atoms with Gasteiger partial charge in [-0.15, -0.1) is 0 Å². The topological polar surface area (TPSA) is 97.6 Å². The fourth-order valence-electron chi connectivity index (χ4n) is 2.95. The molecule has 0 saturated carbocycles.